The van der Waals surface area contributed by atoms with Crippen LogP contribution in [0, 0.1) is 5.92 Å². The lowest BCUT2D eigenvalue weighted by Gasteiger charge is -2.00. The summed E-state index contributed by atoms with van der Waals surface area (Å²) in [5.74, 6) is 0.439. The molecular formula is C7H9N5O. The Morgan fingerprint density at radius 3 is 2.92 bits per heavy atom. The van der Waals surface area contributed by atoms with E-state index < -0.39 is 0 Å². The molecule has 0 unspecified atom stereocenters. The molecule has 0 atom stereocenters. The van der Waals surface area contributed by atoms with E-state index in [9.17, 15) is 4.79 Å². The molecule has 1 saturated carbocycles. The molecule has 13 heavy (non-hydrogen) atoms. The van der Waals surface area contributed by atoms with Crippen molar-refractivity contribution in [1.82, 2.24) is 15.0 Å². The number of aromatic nitrogens is 3. The second kappa shape index (κ2) is 2.96. The van der Waals surface area contributed by atoms with Gasteiger partial charge in [0.2, 0.25) is 17.8 Å². The number of rotatable bonds is 2. The highest BCUT2D eigenvalue weighted by molar-refractivity contribution is 5.92. The van der Waals surface area contributed by atoms with Crippen LogP contribution in [0.5, 0.6) is 0 Å². The molecule has 68 valence electrons. The first-order valence-corrected chi connectivity index (χ1v) is 4.01. The monoisotopic (exact) mass is 179 g/mol. The fourth-order valence-electron chi connectivity index (χ4n) is 0.927. The third-order valence-corrected chi connectivity index (χ3v) is 1.77. The summed E-state index contributed by atoms with van der Waals surface area (Å²) in [6.07, 6.45) is 3.17. The Hall–Kier alpha value is -1.72. The first-order chi connectivity index (χ1) is 6.25. The van der Waals surface area contributed by atoms with Gasteiger partial charge in [-0.05, 0) is 12.8 Å². The van der Waals surface area contributed by atoms with E-state index in [1.807, 2.05) is 0 Å². The summed E-state index contributed by atoms with van der Waals surface area (Å²) in [4.78, 5) is 22.3. The smallest absolute Gasteiger partial charge is 0.234 e. The Morgan fingerprint density at radius 2 is 2.31 bits per heavy atom. The van der Waals surface area contributed by atoms with E-state index in [2.05, 4.69) is 20.3 Å². The molecular weight excluding hydrogens is 170 g/mol. The van der Waals surface area contributed by atoms with Crippen LogP contribution >= 0.6 is 0 Å². The van der Waals surface area contributed by atoms with Gasteiger partial charge in [0.25, 0.3) is 0 Å². The average Bonchev–Trinajstić information content (AvgIpc) is 2.85. The van der Waals surface area contributed by atoms with Crippen LogP contribution in [-0.4, -0.2) is 20.9 Å². The molecule has 0 saturated heterocycles. The van der Waals surface area contributed by atoms with E-state index >= 15 is 0 Å². The van der Waals surface area contributed by atoms with Crippen molar-refractivity contribution in [2.45, 2.75) is 12.8 Å². The van der Waals surface area contributed by atoms with Gasteiger partial charge in [-0.3, -0.25) is 10.1 Å². The van der Waals surface area contributed by atoms with Gasteiger partial charge in [0, 0.05) is 5.92 Å². The van der Waals surface area contributed by atoms with E-state index in [0.717, 1.165) is 12.8 Å². The number of anilines is 2. The minimum absolute atomic E-state index is 0.0365. The van der Waals surface area contributed by atoms with Crippen molar-refractivity contribution in [3.63, 3.8) is 0 Å². The molecule has 1 aliphatic rings. The van der Waals surface area contributed by atoms with Crippen LogP contribution in [0.3, 0.4) is 0 Å². The standard InChI is InChI=1S/C7H9N5O/c8-6-9-3-10-7(12-6)11-5(13)4-1-2-4/h3-4H,1-2H2,(H3,8,9,10,11,12,13). The van der Waals surface area contributed by atoms with Gasteiger partial charge >= 0.3 is 0 Å². The molecule has 6 heteroatoms. The largest absolute Gasteiger partial charge is 0.368 e. The fraction of sp³-hybridized carbons (Fsp3) is 0.429. The summed E-state index contributed by atoms with van der Waals surface area (Å²) in [6.45, 7) is 0. The van der Waals surface area contributed by atoms with E-state index in [-0.39, 0.29) is 23.7 Å². The zero-order valence-electron chi connectivity index (χ0n) is 6.90. The summed E-state index contributed by atoms with van der Waals surface area (Å²) in [5.41, 5.74) is 5.31. The molecule has 0 aliphatic heterocycles. The molecule has 6 nitrogen and oxygen atoms in total. The SMILES string of the molecule is Nc1ncnc(NC(=O)C2CC2)n1. The Kier molecular flexibility index (Phi) is 1.80. The molecule has 1 heterocycles. The molecule has 0 radical (unpaired) electrons. The van der Waals surface area contributed by atoms with E-state index in [0.29, 0.717) is 0 Å². The Labute approximate surface area is 74.6 Å². The molecule has 1 aromatic heterocycles. The Morgan fingerprint density at radius 1 is 1.54 bits per heavy atom. The first-order valence-electron chi connectivity index (χ1n) is 4.01. The van der Waals surface area contributed by atoms with Crippen LogP contribution in [0.1, 0.15) is 12.8 Å². The van der Waals surface area contributed by atoms with Gasteiger partial charge in [-0.15, -0.1) is 0 Å². The van der Waals surface area contributed by atoms with Gasteiger partial charge in [0.1, 0.15) is 6.33 Å². The molecule has 0 spiro atoms. The molecule has 1 aliphatic carbocycles. The quantitative estimate of drug-likeness (QED) is 0.655. The number of carbonyl (C=O) groups excluding carboxylic acids is 1. The van der Waals surface area contributed by atoms with Crippen molar-refractivity contribution in [3.05, 3.63) is 6.33 Å². The van der Waals surface area contributed by atoms with E-state index in [4.69, 9.17) is 5.73 Å². The number of nitrogens with two attached hydrogens (primary N) is 1. The van der Waals surface area contributed by atoms with Crippen LogP contribution in [0.2, 0.25) is 0 Å². The third-order valence-electron chi connectivity index (χ3n) is 1.77. The average molecular weight is 179 g/mol. The second-order valence-electron chi connectivity index (χ2n) is 2.93. The minimum Gasteiger partial charge on any atom is -0.368 e. The molecule has 1 amide bonds. The zero-order chi connectivity index (χ0) is 9.26. The van der Waals surface area contributed by atoms with Crippen molar-refractivity contribution in [2.75, 3.05) is 11.1 Å². The minimum atomic E-state index is -0.0365. The molecule has 1 aromatic rings. The van der Waals surface area contributed by atoms with Gasteiger partial charge in [-0.2, -0.15) is 4.98 Å². The van der Waals surface area contributed by atoms with Gasteiger partial charge < -0.3 is 5.73 Å². The van der Waals surface area contributed by atoms with Crippen LogP contribution in [0.25, 0.3) is 0 Å². The zero-order valence-corrected chi connectivity index (χ0v) is 6.90. The van der Waals surface area contributed by atoms with Crippen LogP contribution < -0.4 is 11.1 Å². The van der Waals surface area contributed by atoms with Crippen molar-refractivity contribution in [2.24, 2.45) is 5.92 Å². The highest BCUT2D eigenvalue weighted by Gasteiger charge is 2.30. The molecule has 3 N–H and O–H groups in total. The predicted molar refractivity (Wildman–Crippen MR) is 45.6 cm³/mol. The second-order valence-corrected chi connectivity index (χ2v) is 2.93. The third kappa shape index (κ3) is 1.90. The van der Waals surface area contributed by atoms with Crippen molar-refractivity contribution >= 4 is 17.8 Å². The van der Waals surface area contributed by atoms with Gasteiger partial charge in [-0.1, -0.05) is 0 Å². The highest BCUT2D eigenvalue weighted by atomic mass is 16.2. The molecule has 1 fully saturated rings. The fourth-order valence-corrected chi connectivity index (χ4v) is 0.927. The number of nitrogens with one attached hydrogen (secondary N) is 1. The number of hydrogen-bond acceptors (Lipinski definition) is 5. The van der Waals surface area contributed by atoms with E-state index in [1.165, 1.54) is 6.33 Å². The maximum atomic E-state index is 11.2. The highest BCUT2D eigenvalue weighted by Crippen LogP contribution is 2.29. The maximum Gasteiger partial charge on any atom is 0.234 e. The summed E-state index contributed by atoms with van der Waals surface area (Å²) >= 11 is 0. The normalized spacial score (nSPS) is 15.4. The number of nitrogen functional groups attached to an aromatic ring is 1. The number of amides is 1. The maximum absolute atomic E-state index is 11.2. The van der Waals surface area contributed by atoms with Crippen molar-refractivity contribution in [1.29, 1.82) is 0 Å². The van der Waals surface area contributed by atoms with Crippen LogP contribution in [0.15, 0.2) is 6.33 Å². The Bertz CT molecular complexity index is 335. The predicted octanol–water partition coefficient (Wildman–Crippen LogP) is -0.198. The van der Waals surface area contributed by atoms with Crippen LogP contribution in [0.4, 0.5) is 11.9 Å². The molecule has 0 bridgehead atoms. The van der Waals surface area contributed by atoms with Gasteiger partial charge in [0.05, 0.1) is 0 Å². The van der Waals surface area contributed by atoms with Crippen LogP contribution in [-0.2, 0) is 4.79 Å². The van der Waals surface area contributed by atoms with Gasteiger partial charge in [0.15, 0.2) is 0 Å². The summed E-state index contributed by atoms with van der Waals surface area (Å²) in [6, 6.07) is 0. The lowest BCUT2D eigenvalue weighted by Crippen LogP contribution is -2.16. The number of carbonyl (C=O) groups is 1. The van der Waals surface area contributed by atoms with Gasteiger partial charge in [-0.25, -0.2) is 9.97 Å². The molecule has 2 rings (SSSR count). The van der Waals surface area contributed by atoms with Crippen molar-refractivity contribution < 1.29 is 4.79 Å². The number of nitrogens with zero attached hydrogens (tertiary/aromatic N) is 3. The summed E-state index contributed by atoms with van der Waals surface area (Å²) in [5, 5.41) is 2.56. The number of hydrogen-bond donors (Lipinski definition) is 2. The lowest BCUT2D eigenvalue weighted by atomic mass is 10.4. The summed E-state index contributed by atoms with van der Waals surface area (Å²) < 4.78 is 0. The van der Waals surface area contributed by atoms with E-state index in [1.54, 1.807) is 0 Å². The first kappa shape index (κ1) is 7.90. The topological polar surface area (TPSA) is 93.8 Å². The lowest BCUT2D eigenvalue weighted by molar-refractivity contribution is -0.117. The van der Waals surface area contributed by atoms with Crippen molar-refractivity contribution in [3.8, 4) is 0 Å². The summed E-state index contributed by atoms with van der Waals surface area (Å²) in [7, 11) is 0. The Balaban J connectivity index is 2.04. The molecule has 0 aromatic carbocycles.